The van der Waals surface area contributed by atoms with Crippen molar-refractivity contribution in [3.05, 3.63) is 105 Å². The van der Waals surface area contributed by atoms with Crippen molar-refractivity contribution in [2.45, 2.75) is 63.5 Å². The Kier molecular flexibility index (Phi) is 8.39. The fourth-order valence-electron chi connectivity index (χ4n) is 5.41. The highest BCUT2D eigenvalue weighted by Crippen LogP contribution is 2.48. The van der Waals surface area contributed by atoms with E-state index in [1.165, 1.54) is 12.1 Å². The lowest BCUT2D eigenvalue weighted by molar-refractivity contribution is -0.137. The molecule has 39 heavy (non-hydrogen) atoms. The number of hydrogen-bond donors (Lipinski definition) is 3. The van der Waals surface area contributed by atoms with Crippen LogP contribution >= 0.6 is 23.2 Å². The third-order valence-electron chi connectivity index (χ3n) is 7.20. The van der Waals surface area contributed by atoms with E-state index in [0.29, 0.717) is 22.0 Å². The molecule has 3 aromatic carbocycles. The normalized spacial score (nSPS) is 23.6. The number of alkyl halides is 3. The Morgan fingerprint density at radius 2 is 1.62 bits per heavy atom. The van der Waals surface area contributed by atoms with Gasteiger partial charge in [0.15, 0.2) is 0 Å². The summed E-state index contributed by atoms with van der Waals surface area (Å²) in [6.45, 7) is 6.41. The minimum atomic E-state index is -4.42. The highest BCUT2D eigenvalue weighted by molar-refractivity contribution is 6.30. The van der Waals surface area contributed by atoms with Gasteiger partial charge in [-0.25, -0.2) is 0 Å². The number of nitrogens with one attached hydrogen (secondary N) is 2. The molecule has 3 aromatic rings. The molecule has 208 valence electrons. The number of halogens is 5. The zero-order valence-corrected chi connectivity index (χ0v) is 23.5. The molecule has 1 heterocycles. The molecule has 4 atom stereocenters. The molecular formula is C30H32Cl2F3N3O. The van der Waals surface area contributed by atoms with Gasteiger partial charge in [-0.05, 0) is 64.9 Å². The molecule has 1 amide bonds. The van der Waals surface area contributed by atoms with Crippen LogP contribution < -0.4 is 16.4 Å². The van der Waals surface area contributed by atoms with Crippen molar-refractivity contribution in [3.63, 3.8) is 0 Å². The number of carbonyl (C=O) groups excluding carboxylic acids is 1. The van der Waals surface area contributed by atoms with Gasteiger partial charge in [0.2, 0.25) is 5.91 Å². The number of rotatable bonds is 6. The summed E-state index contributed by atoms with van der Waals surface area (Å²) in [6, 6.07) is 18.4. The minimum Gasteiger partial charge on any atom is -0.351 e. The van der Waals surface area contributed by atoms with E-state index in [9.17, 15) is 18.0 Å². The van der Waals surface area contributed by atoms with Gasteiger partial charge < -0.3 is 16.4 Å². The van der Waals surface area contributed by atoms with Crippen LogP contribution in [0.2, 0.25) is 10.0 Å². The molecule has 4 N–H and O–H groups in total. The first kappa shape index (κ1) is 29.4. The van der Waals surface area contributed by atoms with Gasteiger partial charge in [0, 0.05) is 28.5 Å². The van der Waals surface area contributed by atoms with E-state index in [0.717, 1.165) is 23.3 Å². The van der Waals surface area contributed by atoms with Crippen LogP contribution in [0.4, 0.5) is 13.2 Å². The van der Waals surface area contributed by atoms with Gasteiger partial charge >= 0.3 is 6.18 Å². The second-order valence-electron chi connectivity index (χ2n) is 11.3. The van der Waals surface area contributed by atoms with Crippen LogP contribution in [0.25, 0.3) is 0 Å². The molecule has 0 radical (unpaired) electrons. The summed E-state index contributed by atoms with van der Waals surface area (Å²) in [5.74, 6) is -0.808. The lowest BCUT2D eigenvalue weighted by Crippen LogP contribution is -2.51. The van der Waals surface area contributed by atoms with Crippen molar-refractivity contribution in [2.24, 2.45) is 11.1 Å². The largest absolute Gasteiger partial charge is 0.416 e. The molecule has 1 aliphatic rings. The van der Waals surface area contributed by atoms with E-state index in [4.69, 9.17) is 28.9 Å². The number of benzene rings is 3. The monoisotopic (exact) mass is 577 g/mol. The van der Waals surface area contributed by atoms with Crippen molar-refractivity contribution in [2.75, 3.05) is 0 Å². The first-order valence-electron chi connectivity index (χ1n) is 12.7. The summed E-state index contributed by atoms with van der Waals surface area (Å²) < 4.78 is 38.9. The predicted octanol–water partition coefficient (Wildman–Crippen LogP) is 7.04. The first-order valence-corrected chi connectivity index (χ1v) is 13.4. The number of hydrogen-bond acceptors (Lipinski definition) is 3. The van der Waals surface area contributed by atoms with E-state index in [1.807, 2.05) is 30.3 Å². The molecule has 9 heteroatoms. The Morgan fingerprint density at radius 1 is 0.974 bits per heavy atom. The molecule has 0 aliphatic carbocycles. The van der Waals surface area contributed by atoms with Gasteiger partial charge in [-0.15, -0.1) is 0 Å². The van der Waals surface area contributed by atoms with Crippen LogP contribution in [-0.2, 0) is 23.1 Å². The van der Waals surface area contributed by atoms with Gasteiger partial charge in [-0.1, -0.05) is 80.4 Å². The molecule has 1 fully saturated rings. The SMILES string of the molecule is CC(C)(C)CC1N[C@@H](C(=O)NCc2ccc(C(F)(F)F)cc2)[C@H](c2cccc(Cl)c2)[C@@]1(N)c1ccc(Cl)cc1. The summed E-state index contributed by atoms with van der Waals surface area (Å²) in [6.07, 6.45) is -3.75. The predicted molar refractivity (Wildman–Crippen MR) is 150 cm³/mol. The molecule has 4 rings (SSSR count). The lowest BCUT2D eigenvalue weighted by Gasteiger charge is -2.39. The van der Waals surface area contributed by atoms with Gasteiger partial charge in [0.25, 0.3) is 0 Å². The van der Waals surface area contributed by atoms with Gasteiger partial charge in [0.05, 0.1) is 17.1 Å². The highest BCUT2D eigenvalue weighted by atomic mass is 35.5. The van der Waals surface area contributed by atoms with Crippen molar-refractivity contribution in [1.29, 1.82) is 0 Å². The molecular weight excluding hydrogens is 546 g/mol. The van der Waals surface area contributed by atoms with Crippen LogP contribution in [0.15, 0.2) is 72.8 Å². The smallest absolute Gasteiger partial charge is 0.351 e. The zero-order valence-electron chi connectivity index (χ0n) is 21.9. The van der Waals surface area contributed by atoms with Crippen LogP contribution in [-0.4, -0.2) is 18.0 Å². The highest BCUT2D eigenvalue weighted by Gasteiger charge is 2.56. The summed E-state index contributed by atoms with van der Waals surface area (Å²) >= 11 is 12.6. The molecule has 0 bridgehead atoms. The Bertz CT molecular complexity index is 1310. The summed E-state index contributed by atoms with van der Waals surface area (Å²) in [5, 5.41) is 7.52. The lowest BCUT2D eigenvalue weighted by atomic mass is 9.68. The molecule has 0 spiro atoms. The van der Waals surface area contributed by atoms with Crippen LogP contribution in [0.5, 0.6) is 0 Å². The van der Waals surface area contributed by atoms with Gasteiger partial charge in [-0.3, -0.25) is 4.79 Å². The maximum absolute atomic E-state index is 13.7. The van der Waals surface area contributed by atoms with E-state index in [-0.39, 0.29) is 23.9 Å². The van der Waals surface area contributed by atoms with E-state index in [2.05, 4.69) is 31.4 Å². The third-order valence-corrected chi connectivity index (χ3v) is 7.69. The van der Waals surface area contributed by atoms with Crippen LogP contribution in [0.3, 0.4) is 0 Å². The molecule has 0 aromatic heterocycles. The average Bonchev–Trinajstić information content (AvgIpc) is 3.14. The zero-order chi connectivity index (χ0) is 28.6. The molecule has 1 aliphatic heterocycles. The Hall–Kier alpha value is -2.58. The fraction of sp³-hybridized carbons (Fsp3) is 0.367. The van der Waals surface area contributed by atoms with Crippen LogP contribution in [0.1, 0.15) is 55.4 Å². The average molecular weight is 579 g/mol. The van der Waals surface area contributed by atoms with Crippen molar-refractivity contribution >= 4 is 29.1 Å². The minimum absolute atomic E-state index is 0.0693. The molecule has 4 nitrogen and oxygen atoms in total. The Morgan fingerprint density at radius 3 is 2.18 bits per heavy atom. The quantitative estimate of drug-likeness (QED) is 0.294. The second kappa shape index (κ2) is 11.1. The third kappa shape index (κ3) is 6.60. The maximum Gasteiger partial charge on any atom is 0.416 e. The van der Waals surface area contributed by atoms with E-state index < -0.39 is 29.2 Å². The molecule has 0 saturated carbocycles. The summed E-state index contributed by atoms with van der Waals surface area (Å²) in [5.41, 5.74) is 7.70. The fourth-order valence-corrected chi connectivity index (χ4v) is 5.73. The first-order chi connectivity index (χ1) is 18.2. The van der Waals surface area contributed by atoms with E-state index >= 15 is 0 Å². The topological polar surface area (TPSA) is 67.2 Å². The Labute approximate surface area is 237 Å². The standard InChI is InChI=1S/C30H32Cl2F3N3O/c1-28(2,3)16-24-29(36,20-11-13-22(31)14-12-20)25(19-5-4-6-23(32)15-19)26(38-24)27(39)37-17-18-7-9-21(10-8-18)30(33,34)35/h4-15,24-26,38H,16-17,36H2,1-3H3,(H,37,39)/t24?,25-,26+,29+/m0/s1. The second-order valence-corrected chi connectivity index (χ2v) is 12.2. The summed E-state index contributed by atoms with van der Waals surface area (Å²) in [7, 11) is 0. The summed E-state index contributed by atoms with van der Waals surface area (Å²) in [4.78, 5) is 13.7. The van der Waals surface area contributed by atoms with Gasteiger partial charge in [-0.2, -0.15) is 13.2 Å². The van der Waals surface area contributed by atoms with E-state index in [1.54, 1.807) is 18.2 Å². The Balaban J connectivity index is 1.71. The number of nitrogens with two attached hydrogens (primary N) is 1. The molecule has 1 saturated heterocycles. The van der Waals surface area contributed by atoms with Crippen molar-refractivity contribution in [3.8, 4) is 0 Å². The van der Waals surface area contributed by atoms with Gasteiger partial charge in [0.1, 0.15) is 0 Å². The van der Waals surface area contributed by atoms with Crippen molar-refractivity contribution < 1.29 is 18.0 Å². The molecule has 1 unspecified atom stereocenters. The number of carbonyl (C=O) groups is 1. The van der Waals surface area contributed by atoms with Crippen molar-refractivity contribution in [1.82, 2.24) is 10.6 Å². The maximum atomic E-state index is 13.7. The van der Waals surface area contributed by atoms with Crippen LogP contribution in [0, 0.1) is 5.41 Å². The number of amides is 1.